The summed E-state index contributed by atoms with van der Waals surface area (Å²) in [7, 11) is 0. The highest BCUT2D eigenvalue weighted by Crippen LogP contribution is 2.39. The number of rotatable bonds is 6. The predicted octanol–water partition coefficient (Wildman–Crippen LogP) is 8.29. The van der Waals surface area contributed by atoms with Gasteiger partial charge in [0.1, 0.15) is 5.60 Å². The fourth-order valence-electron chi connectivity index (χ4n) is 5.09. The van der Waals surface area contributed by atoms with E-state index in [-0.39, 0.29) is 12.7 Å². The molecule has 5 nitrogen and oxygen atoms in total. The molecule has 1 unspecified atom stereocenters. The Morgan fingerprint density at radius 3 is 2.17 bits per heavy atom. The second-order valence-corrected chi connectivity index (χ2v) is 11.6. The third-order valence-corrected chi connectivity index (χ3v) is 7.47. The summed E-state index contributed by atoms with van der Waals surface area (Å²) < 4.78 is 53.6. The molecule has 216 valence electrons. The van der Waals surface area contributed by atoms with Crippen LogP contribution in [0.15, 0.2) is 72.8 Å². The number of nitrogens with zero attached hydrogens (tertiary/aromatic N) is 2. The number of hydrogen-bond donors (Lipinski definition) is 0. The van der Waals surface area contributed by atoms with Gasteiger partial charge < -0.3 is 14.4 Å². The number of carbonyl (C=O) groups is 1. The van der Waals surface area contributed by atoms with Crippen LogP contribution in [0.25, 0.3) is 11.1 Å². The molecule has 0 aromatic heterocycles. The van der Waals surface area contributed by atoms with Crippen LogP contribution in [0.5, 0.6) is 0 Å². The van der Waals surface area contributed by atoms with Crippen molar-refractivity contribution < 1.29 is 27.4 Å². The van der Waals surface area contributed by atoms with Gasteiger partial charge in [-0.05, 0) is 93.1 Å². The summed E-state index contributed by atoms with van der Waals surface area (Å²) in [5.74, 6) is 0. The van der Waals surface area contributed by atoms with E-state index in [2.05, 4.69) is 0 Å². The Kier molecular flexibility index (Phi) is 8.79. The monoisotopic (exact) mass is 564 g/mol. The number of hydrogen-bond acceptors (Lipinski definition) is 4. The molecule has 0 aliphatic carbocycles. The van der Waals surface area contributed by atoms with Crippen LogP contribution in [0.2, 0.25) is 0 Å². The lowest BCUT2D eigenvalue weighted by Gasteiger charge is -2.42. The van der Waals surface area contributed by atoms with Crippen molar-refractivity contribution in [1.82, 2.24) is 4.90 Å². The Balaban J connectivity index is 1.57. The van der Waals surface area contributed by atoms with Crippen molar-refractivity contribution in [1.29, 1.82) is 5.26 Å². The molecule has 4 rings (SSSR count). The van der Waals surface area contributed by atoms with E-state index >= 15 is 0 Å². The molecule has 1 saturated heterocycles. The van der Waals surface area contributed by atoms with Gasteiger partial charge in [0.05, 0.1) is 29.9 Å². The number of piperidine rings is 1. The summed E-state index contributed by atoms with van der Waals surface area (Å²) in [6, 6.07) is 22.4. The van der Waals surface area contributed by atoms with E-state index in [0.29, 0.717) is 48.2 Å². The number of benzene rings is 3. The van der Waals surface area contributed by atoms with Gasteiger partial charge in [0.25, 0.3) is 0 Å². The molecular formula is C33H35F3N2O3. The van der Waals surface area contributed by atoms with E-state index in [0.717, 1.165) is 17.7 Å². The molecule has 0 spiro atoms. The Labute approximate surface area is 239 Å². The normalized spacial score (nSPS) is 16.1. The van der Waals surface area contributed by atoms with Crippen molar-refractivity contribution in [3.05, 3.63) is 95.1 Å². The first-order valence-corrected chi connectivity index (χ1v) is 13.7. The van der Waals surface area contributed by atoms with E-state index in [9.17, 15) is 18.0 Å². The zero-order chi connectivity index (χ0) is 29.8. The molecule has 8 heteroatoms. The predicted molar refractivity (Wildman–Crippen MR) is 151 cm³/mol. The summed E-state index contributed by atoms with van der Waals surface area (Å²) >= 11 is 0. The van der Waals surface area contributed by atoms with Crippen molar-refractivity contribution >= 4 is 6.09 Å². The van der Waals surface area contributed by atoms with E-state index < -0.39 is 28.9 Å². The van der Waals surface area contributed by atoms with Gasteiger partial charge in [-0.2, -0.15) is 18.4 Å². The van der Waals surface area contributed by atoms with E-state index in [4.69, 9.17) is 14.7 Å². The number of ether oxygens (including phenoxy) is 2. The van der Waals surface area contributed by atoms with Gasteiger partial charge in [-0.1, -0.05) is 42.5 Å². The van der Waals surface area contributed by atoms with Crippen molar-refractivity contribution in [2.24, 2.45) is 0 Å². The highest BCUT2D eigenvalue weighted by atomic mass is 19.4. The van der Waals surface area contributed by atoms with Crippen molar-refractivity contribution in [2.45, 2.75) is 63.8 Å². The Hall–Kier alpha value is -3.83. The van der Waals surface area contributed by atoms with Crippen LogP contribution >= 0.6 is 0 Å². The summed E-state index contributed by atoms with van der Waals surface area (Å²) in [5.41, 5.74) is 1.13. The molecule has 1 atom stereocenters. The SMILES string of the molecule is CC(OCC1(c2ccccc2)CCN(C(=O)OC(C)(C)C)CC1)c1cc(-c2ccc(C#N)cc2)cc(C(F)(F)F)c1. The van der Waals surface area contributed by atoms with E-state index in [1.807, 2.05) is 57.2 Å². The van der Waals surface area contributed by atoms with Gasteiger partial charge in [-0.3, -0.25) is 0 Å². The molecule has 1 aliphatic heterocycles. The molecule has 1 fully saturated rings. The minimum Gasteiger partial charge on any atom is -0.444 e. The van der Waals surface area contributed by atoms with Crippen LogP contribution < -0.4 is 0 Å². The lowest BCUT2D eigenvalue weighted by molar-refractivity contribution is -0.137. The van der Waals surface area contributed by atoms with Gasteiger partial charge in [0, 0.05) is 18.5 Å². The molecule has 3 aromatic carbocycles. The maximum absolute atomic E-state index is 13.9. The second-order valence-electron chi connectivity index (χ2n) is 11.6. The summed E-state index contributed by atoms with van der Waals surface area (Å²) in [6.07, 6.45) is -4.26. The molecular weight excluding hydrogens is 529 g/mol. The molecule has 1 amide bonds. The largest absolute Gasteiger partial charge is 0.444 e. The standard InChI is InChI=1S/C33H35F3N2O3/c1-23(26-18-27(20-29(19-26)33(34,35)36)25-12-10-24(21-37)11-13-25)40-22-32(28-8-6-5-7-9-28)14-16-38(17-15-32)30(39)41-31(2,3)4/h5-13,18-20,23H,14-17,22H2,1-4H3. The quantitative estimate of drug-likeness (QED) is 0.302. The number of likely N-dealkylation sites (tertiary alicyclic amines) is 1. The summed E-state index contributed by atoms with van der Waals surface area (Å²) in [4.78, 5) is 14.4. The van der Waals surface area contributed by atoms with Crippen LogP contribution in [-0.4, -0.2) is 36.3 Å². The van der Waals surface area contributed by atoms with Gasteiger partial charge in [-0.25, -0.2) is 4.79 Å². The lowest BCUT2D eigenvalue weighted by Crippen LogP contribution is -2.48. The topological polar surface area (TPSA) is 62.6 Å². The van der Waals surface area contributed by atoms with E-state index in [1.54, 1.807) is 42.2 Å². The van der Waals surface area contributed by atoms with Crippen molar-refractivity contribution in [2.75, 3.05) is 19.7 Å². The smallest absolute Gasteiger partial charge is 0.416 e. The molecule has 3 aromatic rings. The molecule has 41 heavy (non-hydrogen) atoms. The number of amides is 1. The molecule has 0 bridgehead atoms. The average molecular weight is 565 g/mol. The van der Waals surface area contributed by atoms with Crippen LogP contribution in [0.3, 0.4) is 0 Å². The highest BCUT2D eigenvalue weighted by molar-refractivity contribution is 5.68. The minimum atomic E-state index is -4.53. The first-order chi connectivity index (χ1) is 19.3. The summed E-state index contributed by atoms with van der Waals surface area (Å²) in [6.45, 7) is 8.49. The first-order valence-electron chi connectivity index (χ1n) is 13.7. The molecule has 0 N–H and O–H groups in total. The van der Waals surface area contributed by atoms with Crippen LogP contribution in [0.4, 0.5) is 18.0 Å². The maximum atomic E-state index is 13.9. The van der Waals surface area contributed by atoms with Crippen LogP contribution in [-0.2, 0) is 21.1 Å². The fourth-order valence-corrected chi connectivity index (χ4v) is 5.09. The Bertz CT molecular complexity index is 1380. The van der Waals surface area contributed by atoms with Crippen LogP contribution in [0.1, 0.15) is 68.9 Å². The number of nitriles is 1. The third-order valence-electron chi connectivity index (χ3n) is 7.47. The zero-order valence-electron chi connectivity index (χ0n) is 23.8. The van der Waals surface area contributed by atoms with Gasteiger partial charge >= 0.3 is 12.3 Å². The second kappa shape index (κ2) is 12.0. The van der Waals surface area contributed by atoms with Crippen molar-refractivity contribution in [3.8, 4) is 17.2 Å². The van der Waals surface area contributed by atoms with E-state index in [1.165, 1.54) is 0 Å². The number of carbonyl (C=O) groups excluding carboxylic acids is 1. The zero-order valence-corrected chi connectivity index (χ0v) is 23.8. The summed E-state index contributed by atoms with van der Waals surface area (Å²) in [5, 5.41) is 9.08. The molecule has 1 heterocycles. The minimum absolute atomic E-state index is 0.281. The van der Waals surface area contributed by atoms with Crippen molar-refractivity contribution in [3.63, 3.8) is 0 Å². The van der Waals surface area contributed by atoms with Gasteiger partial charge in [0.2, 0.25) is 0 Å². The Morgan fingerprint density at radius 1 is 0.976 bits per heavy atom. The number of alkyl halides is 3. The fraction of sp³-hybridized carbons (Fsp3) is 0.394. The Morgan fingerprint density at radius 2 is 1.61 bits per heavy atom. The van der Waals surface area contributed by atoms with Gasteiger partial charge in [-0.15, -0.1) is 0 Å². The van der Waals surface area contributed by atoms with Crippen LogP contribution in [0, 0.1) is 11.3 Å². The lowest BCUT2D eigenvalue weighted by atomic mass is 9.73. The first kappa shape index (κ1) is 30.1. The van der Waals surface area contributed by atoms with Gasteiger partial charge in [0.15, 0.2) is 0 Å². The molecule has 0 saturated carbocycles. The molecule has 0 radical (unpaired) electrons. The molecule has 1 aliphatic rings. The average Bonchev–Trinajstić information content (AvgIpc) is 2.95. The number of halogens is 3. The maximum Gasteiger partial charge on any atom is 0.416 e. The highest BCUT2D eigenvalue weighted by Gasteiger charge is 2.39. The third kappa shape index (κ3) is 7.47.